The van der Waals surface area contributed by atoms with Crippen LogP contribution in [-0.2, 0) is 0 Å². The maximum Gasteiger partial charge on any atom is 0.139 e. The van der Waals surface area contributed by atoms with Crippen LogP contribution in [0.5, 0.6) is 5.75 Å². The molecule has 0 unspecified atom stereocenters. The summed E-state index contributed by atoms with van der Waals surface area (Å²) in [5.41, 5.74) is 2.18. The Morgan fingerprint density at radius 1 is 1.00 bits per heavy atom. The summed E-state index contributed by atoms with van der Waals surface area (Å²) in [5.74, 6) is 0.581. The van der Waals surface area contributed by atoms with Crippen molar-refractivity contribution in [2.75, 3.05) is 7.11 Å². The van der Waals surface area contributed by atoms with Crippen molar-refractivity contribution < 1.29 is 4.74 Å². The first-order chi connectivity index (χ1) is 9.61. The molecule has 0 atom stereocenters. The number of ether oxygens (including phenoxy) is 1. The SMILES string of the molecule is COc1cc2c(-c3ccc(Cl)cc3)csc2c(Cl)c1Cl. The Labute approximate surface area is 135 Å². The zero-order chi connectivity index (χ0) is 14.3. The molecule has 5 heteroatoms. The van der Waals surface area contributed by atoms with Gasteiger partial charge in [-0.1, -0.05) is 46.9 Å². The lowest BCUT2D eigenvalue weighted by molar-refractivity contribution is 0.415. The Bertz CT molecular complexity index is 778. The number of halogens is 3. The van der Waals surface area contributed by atoms with Crippen molar-refractivity contribution in [2.45, 2.75) is 0 Å². The smallest absolute Gasteiger partial charge is 0.139 e. The van der Waals surface area contributed by atoms with Crippen molar-refractivity contribution in [3.63, 3.8) is 0 Å². The average molecular weight is 344 g/mol. The zero-order valence-corrected chi connectivity index (χ0v) is 13.5. The normalized spacial score (nSPS) is 11.0. The summed E-state index contributed by atoms with van der Waals surface area (Å²) in [5, 5.41) is 4.79. The number of rotatable bonds is 2. The molecule has 3 rings (SSSR count). The van der Waals surface area contributed by atoms with E-state index in [0.29, 0.717) is 20.8 Å². The molecule has 0 spiro atoms. The van der Waals surface area contributed by atoms with Gasteiger partial charge in [-0.2, -0.15) is 0 Å². The molecule has 0 radical (unpaired) electrons. The van der Waals surface area contributed by atoms with Gasteiger partial charge in [-0.15, -0.1) is 11.3 Å². The van der Waals surface area contributed by atoms with E-state index in [1.165, 1.54) is 0 Å². The molecule has 1 aromatic heterocycles. The van der Waals surface area contributed by atoms with Crippen molar-refractivity contribution >= 4 is 56.2 Å². The monoisotopic (exact) mass is 342 g/mol. The van der Waals surface area contributed by atoms with Crippen LogP contribution in [0.15, 0.2) is 35.7 Å². The van der Waals surface area contributed by atoms with E-state index in [2.05, 4.69) is 5.38 Å². The molecule has 0 saturated heterocycles. The minimum absolute atomic E-state index is 0.450. The van der Waals surface area contributed by atoms with Crippen molar-refractivity contribution in [1.29, 1.82) is 0 Å². The summed E-state index contributed by atoms with van der Waals surface area (Å²) in [6.45, 7) is 0. The summed E-state index contributed by atoms with van der Waals surface area (Å²) in [4.78, 5) is 0. The molecule has 20 heavy (non-hydrogen) atoms. The van der Waals surface area contributed by atoms with Gasteiger partial charge in [-0.3, -0.25) is 0 Å². The molecule has 102 valence electrons. The summed E-state index contributed by atoms with van der Waals surface area (Å²) in [6, 6.07) is 9.63. The third kappa shape index (κ3) is 2.27. The van der Waals surface area contributed by atoms with Gasteiger partial charge in [-0.25, -0.2) is 0 Å². The lowest BCUT2D eigenvalue weighted by Crippen LogP contribution is -1.85. The van der Waals surface area contributed by atoms with Crippen LogP contribution in [0, 0.1) is 0 Å². The van der Waals surface area contributed by atoms with Crippen molar-refractivity contribution in [2.24, 2.45) is 0 Å². The predicted octanol–water partition coefficient (Wildman–Crippen LogP) is 6.54. The highest BCUT2D eigenvalue weighted by atomic mass is 35.5. The van der Waals surface area contributed by atoms with Gasteiger partial charge < -0.3 is 4.74 Å². The number of hydrogen-bond acceptors (Lipinski definition) is 2. The van der Waals surface area contributed by atoms with Crippen LogP contribution in [-0.4, -0.2) is 7.11 Å². The van der Waals surface area contributed by atoms with Gasteiger partial charge in [0.15, 0.2) is 0 Å². The van der Waals surface area contributed by atoms with Gasteiger partial charge in [-0.05, 0) is 29.1 Å². The Morgan fingerprint density at radius 2 is 1.70 bits per heavy atom. The van der Waals surface area contributed by atoms with Crippen LogP contribution in [0.4, 0.5) is 0 Å². The van der Waals surface area contributed by atoms with Crippen LogP contribution < -0.4 is 4.74 Å². The number of hydrogen-bond donors (Lipinski definition) is 0. The highest BCUT2D eigenvalue weighted by molar-refractivity contribution is 7.18. The summed E-state index contributed by atoms with van der Waals surface area (Å²) in [7, 11) is 1.58. The van der Waals surface area contributed by atoms with E-state index in [-0.39, 0.29) is 0 Å². The Balaban J connectivity index is 2.27. The molecule has 0 saturated carbocycles. The number of fused-ring (bicyclic) bond motifs is 1. The van der Waals surface area contributed by atoms with Crippen molar-refractivity contribution in [3.8, 4) is 16.9 Å². The Kier molecular flexibility index (Phi) is 3.83. The minimum atomic E-state index is 0.450. The Hall–Kier alpha value is -0.930. The van der Waals surface area contributed by atoms with Crippen LogP contribution in [0.25, 0.3) is 21.2 Å². The van der Waals surface area contributed by atoms with Crippen LogP contribution >= 0.6 is 46.1 Å². The molecule has 3 aromatic rings. The second-order valence-corrected chi connectivity index (χ2v) is 6.31. The molecule has 0 aliphatic heterocycles. The molecule has 1 nitrogen and oxygen atoms in total. The molecule has 0 aliphatic carbocycles. The molecule has 0 bridgehead atoms. The summed E-state index contributed by atoms with van der Waals surface area (Å²) >= 11 is 20.0. The average Bonchev–Trinajstić information content (AvgIpc) is 2.87. The zero-order valence-electron chi connectivity index (χ0n) is 10.4. The third-order valence-corrected chi connectivity index (χ3v) is 5.32. The summed E-state index contributed by atoms with van der Waals surface area (Å²) < 4.78 is 6.24. The van der Waals surface area contributed by atoms with E-state index in [1.807, 2.05) is 30.3 Å². The van der Waals surface area contributed by atoms with E-state index in [9.17, 15) is 0 Å². The quantitative estimate of drug-likeness (QED) is 0.513. The van der Waals surface area contributed by atoms with Crippen LogP contribution in [0.1, 0.15) is 0 Å². The van der Waals surface area contributed by atoms with E-state index in [0.717, 1.165) is 21.2 Å². The maximum absolute atomic E-state index is 6.31. The highest BCUT2D eigenvalue weighted by Crippen LogP contribution is 2.45. The van der Waals surface area contributed by atoms with E-state index < -0.39 is 0 Å². The molecule has 1 heterocycles. The van der Waals surface area contributed by atoms with E-state index in [1.54, 1.807) is 18.4 Å². The second-order valence-electron chi connectivity index (χ2n) is 4.24. The van der Waals surface area contributed by atoms with Crippen molar-refractivity contribution in [1.82, 2.24) is 0 Å². The van der Waals surface area contributed by atoms with Crippen LogP contribution in [0.3, 0.4) is 0 Å². The first-order valence-electron chi connectivity index (χ1n) is 5.81. The predicted molar refractivity (Wildman–Crippen MR) is 88.8 cm³/mol. The minimum Gasteiger partial charge on any atom is -0.495 e. The van der Waals surface area contributed by atoms with E-state index >= 15 is 0 Å². The maximum atomic E-state index is 6.31. The lowest BCUT2D eigenvalue weighted by Gasteiger charge is -2.07. The van der Waals surface area contributed by atoms with Crippen molar-refractivity contribution in [3.05, 3.63) is 50.8 Å². The number of thiophene rings is 1. The third-order valence-electron chi connectivity index (χ3n) is 3.09. The summed E-state index contributed by atoms with van der Waals surface area (Å²) in [6.07, 6.45) is 0. The van der Waals surface area contributed by atoms with E-state index in [4.69, 9.17) is 39.5 Å². The molecular formula is C15H9Cl3OS. The van der Waals surface area contributed by atoms with Gasteiger partial charge >= 0.3 is 0 Å². The highest BCUT2D eigenvalue weighted by Gasteiger charge is 2.15. The standard InChI is InChI=1S/C15H9Cl3OS/c1-19-12-6-10-11(8-2-4-9(16)5-3-8)7-20-15(10)14(18)13(12)17/h2-7H,1H3. The Morgan fingerprint density at radius 3 is 2.35 bits per heavy atom. The number of benzene rings is 2. The molecule has 2 aromatic carbocycles. The fraction of sp³-hybridized carbons (Fsp3) is 0.0667. The first kappa shape index (κ1) is 14.0. The van der Waals surface area contributed by atoms with Gasteiger partial charge in [0.05, 0.1) is 16.8 Å². The van der Waals surface area contributed by atoms with Gasteiger partial charge in [0.1, 0.15) is 10.8 Å². The van der Waals surface area contributed by atoms with Gasteiger partial charge in [0, 0.05) is 16.0 Å². The molecule has 0 amide bonds. The van der Waals surface area contributed by atoms with Gasteiger partial charge in [0.2, 0.25) is 0 Å². The first-order valence-corrected chi connectivity index (χ1v) is 7.82. The largest absolute Gasteiger partial charge is 0.495 e. The topological polar surface area (TPSA) is 9.23 Å². The second kappa shape index (κ2) is 5.45. The fourth-order valence-corrected chi connectivity index (χ4v) is 3.82. The molecular weight excluding hydrogens is 335 g/mol. The van der Waals surface area contributed by atoms with Crippen LogP contribution in [0.2, 0.25) is 15.1 Å². The number of methoxy groups -OCH3 is 1. The molecule has 0 aliphatic rings. The lowest BCUT2D eigenvalue weighted by atomic mass is 10.0. The van der Waals surface area contributed by atoms with Gasteiger partial charge in [0.25, 0.3) is 0 Å². The fourth-order valence-electron chi connectivity index (χ4n) is 2.08. The molecule has 0 fully saturated rings. The molecule has 0 N–H and O–H groups in total.